The molecular weight excluding hydrogens is 277 g/mol. The van der Waals surface area contributed by atoms with Gasteiger partial charge in [0.1, 0.15) is 11.4 Å². The van der Waals surface area contributed by atoms with Gasteiger partial charge in [-0.15, -0.1) is 13.2 Å². The molecule has 0 atom stereocenters. The van der Waals surface area contributed by atoms with Gasteiger partial charge in [0.05, 0.1) is 12.1 Å². The number of alkyl halides is 5. The Morgan fingerprint density at radius 2 is 2.05 bits per heavy atom. The lowest BCUT2D eigenvalue weighted by Crippen LogP contribution is -2.19. The molecule has 1 rings (SSSR count). The van der Waals surface area contributed by atoms with Crippen molar-refractivity contribution in [1.82, 2.24) is 4.98 Å². The van der Waals surface area contributed by atoms with E-state index in [0.717, 1.165) is 6.92 Å². The molecule has 4 nitrogen and oxygen atoms in total. The SMILES string of the molecule is Cc1c(OC(F)(F)F)cc(CC(=O)O)nc1C(F)F. The number of carbonyl (C=O) groups is 1. The van der Waals surface area contributed by atoms with Crippen molar-refractivity contribution in [3.63, 3.8) is 0 Å². The molecule has 0 aliphatic carbocycles. The van der Waals surface area contributed by atoms with Crippen molar-refractivity contribution in [2.24, 2.45) is 0 Å². The number of hydrogen-bond donors (Lipinski definition) is 1. The Morgan fingerprint density at radius 3 is 2.47 bits per heavy atom. The van der Waals surface area contributed by atoms with Crippen LogP contribution in [0.2, 0.25) is 0 Å². The normalized spacial score (nSPS) is 11.7. The van der Waals surface area contributed by atoms with Gasteiger partial charge in [-0.3, -0.25) is 9.78 Å². The fourth-order valence-electron chi connectivity index (χ4n) is 1.35. The molecule has 0 radical (unpaired) electrons. The molecule has 1 aromatic rings. The number of halogens is 5. The molecule has 9 heteroatoms. The van der Waals surface area contributed by atoms with Gasteiger partial charge >= 0.3 is 12.3 Å². The molecule has 19 heavy (non-hydrogen) atoms. The van der Waals surface area contributed by atoms with Crippen molar-refractivity contribution < 1.29 is 36.6 Å². The molecule has 1 heterocycles. The molecule has 1 aromatic heterocycles. The number of pyridine rings is 1. The second kappa shape index (κ2) is 5.37. The van der Waals surface area contributed by atoms with Crippen LogP contribution in [-0.2, 0) is 11.2 Å². The van der Waals surface area contributed by atoms with Gasteiger partial charge in [0, 0.05) is 11.6 Å². The first kappa shape index (κ1) is 15.1. The predicted molar refractivity (Wildman–Crippen MR) is 52.0 cm³/mol. The Morgan fingerprint density at radius 1 is 1.47 bits per heavy atom. The maximum Gasteiger partial charge on any atom is 0.573 e. The number of rotatable bonds is 4. The number of carboxylic acid groups (broad SMARTS) is 1. The fourth-order valence-corrected chi connectivity index (χ4v) is 1.35. The Bertz CT molecular complexity index is 487. The van der Waals surface area contributed by atoms with Crippen molar-refractivity contribution in [2.45, 2.75) is 26.1 Å². The third kappa shape index (κ3) is 4.34. The first-order valence-corrected chi connectivity index (χ1v) is 4.86. The number of hydrogen-bond acceptors (Lipinski definition) is 3. The van der Waals surface area contributed by atoms with E-state index in [0.29, 0.717) is 6.07 Å². The summed E-state index contributed by atoms with van der Waals surface area (Å²) in [7, 11) is 0. The van der Waals surface area contributed by atoms with Crippen molar-refractivity contribution in [1.29, 1.82) is 0 Å². The molecule has 0 aliphatic rings. The molecule has 0 saturated heterocycles. The summed E-state index contributed by atoms with van der Waals surface area (Å²) in [5, 5.41) is 8.50. The molecule has 0 saturated carbocycles. The highest BCUT2D eigenvalue weighted by Crippen LogP contribution is 2.32. The second-order valence-corrected chi connectivity index (χ2v) is 3.54. The van der Waals surface area contributed by atoms with E-state index < -0.39 is 47.9 Å². The fraction of sp³-hybridized carbons (Fsp3) is 0.400. The lowest BCUT2D eigenvalue weighted by atomic mass is 10.1. The van der Waals surface area contributed by atoms with Gasteiger partial charge in [-0.1, -0.05) is 0 Å². The van der Waals surface area contributed by atoms with E-state index in [-0.39, 0.29) is 0 Å². The van der Waals surface area contributed by atoms with Crippen molar-refractivity contribution in [3.8, 4) is 5.75 Å². The minimum absolute atomic E-state index is 0.437. The first-order chi connectivity index (χ1) is 8.60. The van der Waals surface area contributed by atoms with Crippen LogP contribution in [0.5, 0.6) is 5.75 Å². The largest absolute Gasteiger partial charge is 0.573 e. The van der Waals surface area contributed by atoms with Crippen LogP contribution >= 0.6 is 0 Å². The molecule has 0 aliphatic heterocycles. The van der Waals surface area contributed by atoms with Crippen LogP contribution in [0, 0.1) is 6.92 Å². The van der Waals surface area contributed by atoms with Gasteiger partial charge in [0.2, 0.25) is 0 Å². The van der Waals surface area contributed by atoms with E-state index in [1.807, 2.05) is 0 Å². The molecule has 0 aromatic carbocycles. The van der Waals surface area contributed by atoms with Crippen molar-refractivity contribution in [2.75, 3.05) is 0 Å². The van der Waals surface area contributed by atoms with E-state index in [1.54, 1.807) is 0 Å². The topological polar surface area (TPSA) is 59.4 Å². The van der Waals surface area contributed by atoms with E-state index >= 15 is 0 Å². The Hall–Kier alpha value is -1.93. The van der Waals surface area contributed by atoms with E-state index in [1.165, 1.54) is 0 Å². The summed E-state index contributed by atoms with van der Waals surface area (Å²) < 4.78 is 65.1. The average molecular weight is 285 g/mol. The van der Waals surface area contributed by atoms with Gasteiger partial charge in [-0.25, -0.2) is 8.78 Å². The maximum atomic E-state index is 12.6. The highest BCUT2D eigenvalue weighted by atomic mass is 19.4. The third-order valence-corrected chi connectivity index (χ3v) is 2.08. The molecule has 0 fully saturated rings. The highest BCUT2D eigenvalue weighted by molar-refractivity contribution is 5.69. The third-order valence-electron chi connectivity index (χ3n) is 2.08. The van der Waals surface area contributed by atoms with Crippen molar-refractivity contribution in [3.05, 3.63) is 23.0 Å². The van der Waals surface area contributed by atoms with Gasteiger partial charge in [0.15, 0.2) is 0 Å². The first-order valence-electron chi connectivity index (χ1n) is 4.86. The molecule has 0 spiro atoms. The lowest BCUT2D eigenvalue weighted by Gasteiger charge is -2.15. The zero-order valence-corrected chi connectivity index (χ0v) is 9.46. The Labute approximate surface area is 103 Å². The zero-order chi connectivity index (χ0) is 14.8. The van der Waals surface area contributed by atoms with Crippen LogP contribution in [0.25, 0.3) is 0 Å². The minimum Gasteiger partial charge on any atom is -0.481 e. The molecule has 0 amide bonds. The predicted octanol–water partition coefficient (Wildman–Crippen LogP) is 2.85. The lowest BCUT2D eigenvalue weighted by molar-refractivity contribution is -0.274. The second-order valence-electron chi connectivity index (χ2n) is 3.54. The van der Waals surface area contributed by atoms with Crippen LogP contribution in [0.1, 0.15) is 23.4 Å². The minimum atomic E-state index is -5.06. The number of carboxylic acids is 1. The molecule has 0 bridgehead atoms. The van der Waals surface area contributed by atoms with Crippen LogP contribution in [0.4, 0.5) is 22.0 Å². The zero-order valence-electron chi connectivity index (χ0n) is 9.46. The van der Waals surface area contributed by atoms with Crippen LogP contribution in [-0.4, -0.2) is 22.4 Å². The number of aliphatic carboxylic acids is 1. The molecular formula is C10H8F5NO3. The summed E-state index contributed by atoms with van der Waals surface area (Å²) in [4.78, 5) is 13.8. The van der Waals surface area contributed by atoms with Crippen LogP contribution < -0.4 is 4.74 Å². The summed E-state index contributed by atoms with van der Waals surface area (Å²) >= 11 is 0. The van der Waals surface area contributed by atoms with Gasteiger partial charge in [-0.2, -0.15) is 0 Å². The van der Waals surface area contributed by atoms with E-state index in [9.17, 15) is 26.7 Å². The standard InChI is InChI=1S/C10H8F5NO3/c1-4-6(19-10(13,14)15)2-5(3-7(17)18)16-8(4)9(11)12/h2,9H,3H2,1H3,(H,17,18). The van der Waals surface area contributed by atoms with Gasteiger partial charge < -0.3 is 9.84 Å². The monoisotopic (exact) mass is 285 g/mol. The van der Waals surface area contributed by atoms with Crippen LogP contribution in [0.3, 0.4) is 0 Å². The quantitative estimate of drug-likeness (QED) is 0.864. The molecule has 0 unspecified atom stereocenters. The molecule has 106 valence electrons. The smallest absolute Gasteiger partial charge is 0.481 e. The number of aromatic nitrogens is 1. The summed E-state index contributed by atoms with van der Waals surface area (Å²) in [5.41, 5.74) is -1.85. The van der Waals surface area contributed by atoms with Crippen LogP contribution in [0.15, 0.2) is 6.07 Å². The Kier molecular flexibility index (Phi) is 4.28. The number of nitrogens with zero attached hydrogens (tertiary/aromatic N) is 1. The van der Waals surface area contributed by atoms with E-state index in [4.69, 9.17) is 5.11 Å². The summed E-state index contributed by atoms with van der Waals surface area (Å²) in [6.07, 6.45) is -8.98. The average Bonchev–Trinajstić information content (AvgIpc) is 2.19. The van der Waals surface area contributed by atoms with Crippen molar-refractivity contribution >= 4 is 5.97 Å². The van der Waals surface area contributed by atoms with Gasteiger partial charge in [-0.05, 0) is 6.92 Å². The van der Waals surface area contributed by atoms with E-state index in [2.05, 4.69) is 9.72 Å². The number of ether oxygens (including phenoxy) is 1. The summed E-state index contributed by atoms with van der Waals surface area (Å²) in [5.74, 6) is -2.29. The highest BCUT2D eigenvalue weighted by Gasteiger charge is 2.33. The summed E-state index contributed by atoms with van der Waals surface area (Å²) in [6.45, 7) is 0.986. The molecule has 1 N–H and O–H groups in total. The maximum absolute atomic E-state index is 12.6. The summed E-state index contributed by atoms with van der Waals surface area (Å²) in [6, 6.07) is 0.683. The Balaban J connectivity index is 3.27. The van der Waals surface area contributed by atoms with Gasteiger partial charge in [0.25, 0.3) is 6.43 Å².